The maximum atomic E-state index is 12.6. The Morgan fingerprint density at radius 1 is 1.12 bits per heavy atom. The second-order valence-electron chi connectivity index (χ2n) is 7.51. The molecule has 0 fully saturated rings. The summed E-state index contributed by atoms with van der Waals surface area (Å²) in [6.45, 7) is 11.5. The van der Waals surface area contributed by atoms with E-state index in [0.29, 0.717) is 6.54 Å². The van der Waals surface area contributed by atoms with Gasteiger partial charge in [-0.15, -0.1) is 0 Å². The van der Waals surface area contributed by atoms with Crippen molar-refractivity contribution in [2.45, 2.75) is 59.3 Å². The first-order valence-corrected chi connectivity index (χ1v) is 8.53. The van der Waals surface area contributed by atoms with Crippen LogP contribution in [-0.4, -0.2) is 27.1 Å². The van der Waals surface area contributed by atoms with Gasteiger partial charge in [0.15, 0.2) is 0 Å². The number of aromatic nitrogens is 1. The number of hydrogen-bond acceptors (Lipinski definition) is 1. The molecular formula is C20H29N3O. The molecule has 0 unspecified atom stereocenters. The Hall–Kier alpha value is -2.23. The van der Waals surface area contributed by atoms with Crippen molar-refractivity contribution in [1.82, 2.24) is 14.8 Å². The predicted octanol–water partition coefficient (Wildman–Crippen LogP) is 4.25. The lowest BCUT2D eigenvalue weighted by molar-refractivity contribution is 0.169. The second-order valence-corrected chi connectivity index (χ2v) is 7.51. The number of rotatable bonds is 5. The van der Waals surface area contributed by atoms with Crippen LogP contribution in [0.2, 0.25) is 0 Å². The van der Waals surface area contributed by atoms with Crippen molar-refractivity contribution in [3.8, 4) is 0 Å². The summed E-state index contributed by atoms with van der Waals surface area (Å²) in [7, 11) is 0. The SMILES string of the molecule is CC(C)N(Cc1cccn1Cc1ccccc1)C(=O)NC(C)(C)C. The summed E-state index contributed by atoms with van der Waals surface area (Å²) in [5.41, 5.74) is 2.15. The largest absolute Gasteiger partial charge is 0.345 e. The summed E-state index contributed by atoms with van der Waals surface area (Å²) in [5.74, 6) is 0. The first-order chi connectivity index (χ1) is 11.3. The highest BCUT2D eigenvalue weighted by atomic mass is 16.2. The molecule has 0 bridgehead atoms. The molecule has 1 aromatic carbocycles. The van der Waals surface area contributed by atoms with Crippen LogP contribution in [0, 0.1) is 0 Å². The average molecular weight is 327 g/mol. The van der Waals surface area contributed by atoms with Gasteiger partial charge in [-0.2, -0.15) is 0 Å². The lowest BCUT2D eigenvalue weighted by atomic mass is 10.1. The fraction of sp³-hybridized carbons (Fsp3) is 0.450. The van der Waals surface area contributed by atoms with Crippen LogP contribution >= 0.6 is 0 Å². The Morgan fingerprint density at radius 2 is 1.79 bits per heavy atom. The van der Waals surface area contributed by atoms with E-state index in [2.05, 4.69) is 46.4 Å². The van der Waals surface area contributed by atoms with E-state index in [1.165, 1.54) is 5.56 Å². The third-order valence-electron chi connectivity index (χ3n) is 3.82. The van der Waals surface area contributed by atoms with Crippen LogP contribution in [0.5, 0.6) is 0 Å². The smallest absolute Gasteiger partial charge is 0.318 e. The van der Waals surface area contributed by atoms with Gasteiger partial charge in [0, 0.05) is 30.0 Å². The summed E-state index contributed by atoms with van der Waals surface area (Å²) in [6.07, 6.45) is 2.07. The van der Waals surface area contributed by atoms with E-state index in [9.17, 15) is 4.79 Å². The van der Waals surface area contributed by atoms with Gasteiger partial charge in [0.1, 0.15) is 0 Å². The van der Waals surface area contributed by atoms with Gasteiger partial charge in [0.25, 0.3) is 0 Å². The monoisotopic (exact) mass is 327 g/mol. The standard InChI is InChI=1S/C20H29N3O/c1-16(2)23(19(24)21-20(3,4)5)15-18-12-9-13-22(18)14-17-10-7-6-8-11-17/h6-13,16H,14-15H2,1-5H3,(H,21,24). The molecule has 1 N–H and O–H groups in total. The van der Waals surface area contributed by atoms with Gasteiger partial charge < -0.3 is 14.8 Å². The normalized spacial score (nSPS) is 11.6. The fourth-order valence-corrected chi connectivity index (χ4v) is 2.58. The van der Waals surface area contributed by atoms with Crippen LogP contribution < -0.4 is 5.32 Å². The zero-order valence-corrected chi connectivity index (χ0v) is 15.4. The zero-order valence-electron chi connectivity index (χ0n) is 15.4. The third kappa shape index (κ3) is 5.15. The molecule has 0 aliphatic heterocycles. The van der Waals surface area contributed by atoms with Crippen molar-refractivity contribution < 1.29 is 4.79 Å². The first kappa shape index (κ1) is 18.1. The number of urea groups is 1. The molecule has 4 nitrogen and oxygen atoms in total. The van der Waals surface area contributed by atoms with Gasteiger partial charge in [0.2, 0.25) is 0 Å². The molecule has 2 amide bonds. The fourth-order valence-electron chi connectivity index (χ4n) is 2.58. The van der Waals surface area contributed by atoms with E-state index in [-0.39, 0.29) is 17.6 Å². The molecule has 130 valence electrons. The summed E-state index contributed by atoms with van der Waals surface area (Å²) in [6, 6.07) is 14.6. The molecule has 4 heteroatoms. The molecule has 24 heavy (non-hydrogen) atoms. The van der Waals surface area contributed by atoms with Crippen LogP contribution in [0.25, 0.3) is 0 Å². The Labute approximate surface area is 145 Å². The number of carbonyl (C=O) groups is 1. The summed E-state index contributed by atoms with van der Waals surface area (Å²) >= 11 is 0. The first-order valence-electron chi connectivity index (χ1n) is 8.53. The van der Waals surface area contributed by atoms with Crippen molar-refractivity contribution >= 4 is 6.03 Å². The maximum Gasteiger partial charge on any atom is 0.318 e. The van der Waals surface area contributed by atoms with Gasteiger partial charge in [0.05, 0.1) is 6.54 Å². The van der Waals surface area contributed by atoms with E-state index < -0.39 is 0 Å². The minimum atomic E-state index is -0.240. The van der Waals surface area contributed by atoms with Crippen LogP contribution in [0.4, 0.5) is 4.79 Å². The van der Waals surface area contributed by atoms with E-state index in [1.807, 2.05) is 51.7 Å². The number of amides is 2. The van der Waals surface area contributed by atoms with Crippen LogP contribution in [0.15, 0.2) is 48.7 Å². The quantitative estimate of drug-likeness (QED) is 0.875. The Morgan fingerprint density at radius 3 is 2.38 bits per heavy atom. The van der Waals surface area contributed by atoms with E-state index in [1.54, 1.807) is 0 Å². The average Bonchev–Trinajstić information content (AvgIpc) is 2.90. The Kier molecular flexibility index (Phi) is 5.71. The Balaban J connectivity index is 2.13. The molecule has 1 aromatic heterocycles. The third-order valence-corrected chi connectivity index (χ3v) is 3.82. The van der Waals surface area contributed by atoms with Crippen LogP contribution in [-0.2, 0) is 13.1 Å². The highest BCUT2D eigenvalue weighted by molar-refractivity contribution is 5.75. The number of nitrogens with zero attached hydrogens (tertiary/aromatic N) is 2. The van der Waals surface area contributed by atoms with Gasteiger partial charge >= 0.3 is 6.03 Å². The molecule has 2 rings (SSSR count). The van der Waals surface area contributed by atoms with Crippen molar-refractivity contribution in [2.75, 3.05) is 0 Å². The molecule has 0 radical (unpaired) electrons. The maximum absolute atomic E-state index is 12.6. The number of carbonyl (C=O) groups excluding carboxylic acids is 1. The van der Waals surface area contributed by atoms with Gasteiger partial charge in [-0.25, -0.2) is 4.79 Å². The van der Waals surface area contributed by atoms with E-state index >= 15 is 0 Å². The lowest BCUT2D eigenvalue weighted by Gasteiger charge is -2.31. The molecule has 0 saturated heterocycles. The van der Waals surface area contributed by atoms with Gasteiger partial charge in [-0.1, -0.05) is 30.3 Å². The predicted molar refractivity (Wildman–Crippen MR) is 98.9 cm³/mol. The second kappa shape index (κ2) is 7.56. The molecule has 0 saturated carbocycles. The molecule has 0 aliphatic carbocycles. The Bertz CT molecular complexity index is 653. The molecule has 0 spiro atoms. The van der Waals surface area contributed by atoms with Crippen molar-refractivity contribution in [3.05, 3.63) is 59.9 Å². The highest BCUT2D eigenvalue weighted by Crippen LogP contribution is 2.13. The topological polar surface area (TPSA) is 37.3 Å². The molecular weight excluding hydrogens is 298 g/mol. The highest BCUT2D eigenvalue weighted by Gasteiger charge is 2.22. The molecule has 0 atom stereocenters. The lowest BCUT2D eigenvalue weighted by Crippen LogP contribution is -2.50. The minimum Gasteiger partial charge on any atom is -0.345 e. The molecule has 0 aliphatic rings. The number of nitrogens with one attached hydrogen (secondary N) is 1. The number of hydrogen-bond donors (Lipinski definition) is 1. The van der Waals surface area contributed by atoms with E-state index in [0.717, 1.165) is 12.2 Å². The molecule has 2 aromatic rings. The summed E-state index contributed by atoms with van der Waals surface area (Å²) in [4.78, 5) is 14.5. The number of benzene rings is 1. The van der Waals surface area contributed by atoms with Gasteiger partial charge in [-0.05, 0) is 52.3 Å². The minimum absolute atomic E-state index is 0.0232. The summed E-state index contributed by atoms with van der Waals surface area (Å²) in [5, 5.41) is 3.06. The zero-order chi connectivity index (χ0) is 17.7. The van der Waals surface area contributed by atoms with Crippen molar-refractivity contribution in [3.63, 3.8) is 0 Å². The van der Waals surface area contributed by atoms with Crippen LogP contribution in [0.1, 0.15) is 45.9 Å². The van der Waals surface area contributed by atoms with Gasteiger partial charge in [-0.3, -0.25) is 0 Å². The van der Waals surface area contributed by atoms with Crippen LogP contribution in [0.3, 0.4) is 0 Å². The van der Waals surface area contributed by atoms with E-state index in [4.69, 9.17) is 0 Å². The summed E-state index contributed by atoms with van der Waals surface area (Å²) < 4.78 is 2.20. The van der Waals surface area contributed by atoms with Crippen molar-refractivity contribution in [2.24, 2.45) is 0 Å². The van der Waals surface area contributed by atoms with Crippen molar-refractivity contribution in [1.29, 1.82) is 0 Å². The molecule has 1 heterocycles.